The first kappa shape index (κ1) is 21.5. The van der Waals surface area contributed by atoms with Crippen LogP contribution in [0.4, 0.5) is 0 Å². The lowest BCUT2D eigenvalue weighted by atomic mass is 10.2. The molecule has 0 aliphatic heterocycles. The van der Waals surface area contributed by atoms with E-state index in [2.05, 4.69) is 42.5 Å². The first-order valence-electron chi connectivity index (χ1n) is 8.82. The van der Waals surface area contributed by atoms with E-state index in [4.69, 9.17) is 21.4 Å². The zero-order valence-corrected chi connectivity index (χ0v) is 19.5. The number of ether oxygens (including phenoxy) is 1. The molecule has 8 heteroatoms. The summed E-state index contributed by atoms with van der Waals surface area (Å²) in [7, 11) is 0. The number of halogens is 2. The van der Waals surface area contributed by atoms with Gasteiger partial charge in [0.15, 0.2) is 5.11 Å². The Bertz CT molecular complexity index is 1020. The highest BCUT2D eigenvalue weighted by molar-refractivity contribution is 9.10. The van der Waals surface area contributed by atoms with Crippen LogP contribution in [0, 0.1) is 0 Å². The summed E-state index contributed by atoms with van der Waals surface area (Å²) in [5.41, 5.74) is 1.46. The first-order valence-corrected chi connectivity index (χ1v) is 10.8. The molecule has 0 aliphatic rings. The third-order valence-electron chi connectivity index (χ3n) is 3.93. The van der Waals surface area contributed by atoms with E-state index in [0.29, 0.717) is 34.7 Å². The van der Waals surface area contributed by atoms with Gasteiger partial charge in [-0.25, -0.2) is 0 Å². The van der Waals surface area contributed by atoms with Crippen molar-refractivity contribution in [3.8, 4) is 17.1 Å². The van der Waals surface area contributed by atoms with Gasteiger partial charge >= 0.3 is 0 Å². The Morgan fingerprint density at radius 3 is 2.55 bits per heavy atom. The van der Waals surface area contributed by atoms with Crippen LogP contribution in [-0.2, 0) is 6.54 Å². The molecule has 0 atom stereocenters. The van der Waals surface area contributed by atoms with Gasteiger partial charge in [0.1, 0.15) is 17.3 Å². The lowest BCUT2D eigenvalue weighted by molar-refractivity contribution is 0.0976. The van der Waals surface area contributed by atoms with Gasteiger partial charge in [0.2, 0.25) is 0 Å². The van der Waals surface area contributed by atoms with Crippen LogP contribution < -0.4 is 15.4 Å². The number of furan rings is 1. The highest BCUT2D eigenvalue weighted by Gasteiger charge is 2.11. The number of nitrogens with one attached hydrogen (secondary N) is 2. The van der Waals surface area contributed by atoms with Crippen molar-refractivity contribution in [3.63, 3.8) is 0 Å². The Balaban J connectivity index is 1.54. The lowest BCUT2D eigenvalue weighted by Gasteiger charge is -2.10. The fraction of sp³-hybridized carbons (Fsp3) is 0.143. The van der Waals surface area contributed by atoms with Crippen LogP contribution in [0.15, 0.2) is 68.0 Å². The second-order valence-electron chi connectivity index (χ2n) is 5.99. The molecule has 5 nitrogen and oxygen atoms in total. The topological polar surface area (TPSA) is 63.5 Å². The molecule has 0 saturated carbocycles. The fourth-order valence-electron chi connectivity index (χ4n) is 2.54. The van der Waals surface area contributed by atoms with Gasteiger partial charge in [-0.05, 0) is 77.5 Å². The molecule has 1 heterocycles. The van der Waals surface area contributed by atoms with Gasteiger partial charge in [0, 0.05) is 15.6 Å². The number of hydrogen-bond acceptors (Lipinski definition) is 4. The largest absolute Gasteiger partial charge is 0.493 e. The van der Waals surface area contributed by atoms with E-state index in [9.17, 15) is 4.79 Å². The molecule has 0 aliphatic carbocycles. The molecule has 1 aromatic heterocycles. The number of carbonyl (C=O) groups excluding carboxylic acids is 1. The van der Waals surface area contributed by atoms with Crippen molar-refractivity contribution in [3.05, 3.63) is 74.9 Å². The second-order valence-corrected chi connectivity index (χ2v) is 8.17. The van der Waals surface area contributed by atoms with Crippen molar-refractivity contribution in [2.75, 3.05) is 6.61 Å². The summed E-state index contributed by atoms with van der Waals surface area (Å²) in [4.78, 5) is 12.4. The molecule has 0 spiro atoms. The molecule has 150 valence electrons. The molecule has 3 rings (SSSR count). The number of benzene rings is 2. The summed E-state index contributed by atoms with van der Waals surface area (Å²) in [5, 5.41) is 5.87. The van der Waals surface area contributed by atoms with E-state index in [1.807, 2.05) is 43.3 Å². The van der Waals surface area contributed by atoms with Gasteiger partial charge in [-0.2, -0.15) is 0 Å². The monoisotopic (exact) mass is 536 g/mol. The van der Waals surface area contributed by atoms with Crippen molar-refractivity contribution in [2.45, 2.75) is 13.5 Å². The molecule has 0 saturated heterocycles. The average molecular weight is 538 g/mol. The Labute approximate surface area is 191 Å². The highest BCUT2D eigenvalue weighted by atomic mass is 79.9. The van der Waals surface area contributed by atoms with E-state index in [1.165, 1.54) is 0 Å². The summed E-state index contributed by atoms with van der Waals surface area (Å²) < 4.78 is 13.0. The van der Waals surface area contributed by atoms with Gasteiger partial charge in [0.05, 0.1) is 17.6 Å². The van der Waals surface area contributed by atoms with Crippen LogP contribution in [0.5, 0.6) is 5.75 Å². The van der Waals surface area contributed by atoms with Gasteiger partial charge < -0.3 is 14.5 Å². The van der Waals surface area contributed by atoms with Crippen LogP contribution in [-0.4, -0.2) is 17.6 Å². The zero-order valence-electron chi connectivity index (χ0n) is 15.5. The number of amides is 1. The summed E-state index contributed by atoms with van der Waals surface area (Å²) in [6, 6.07) is 16.8. The number of rotatable bonds is 6. The molecule has 3 aromatic rings. The van der Waals surface area contributed by atoms with Gasteiger partial charge in [-0.15, -0.1) is 0 Å². The standard InChI is InChI=1S/C21H18Br2N2O3S/c1-2-27-19-9-5-14(11-17(19)23)20(26)25-21(29)24-12-16-8-10-18(28-16)13-3-6-15(22)7-4-13/h3-11H,2,12H2,1H3,(H2,24,25,26,29). The van der Waals surface area contributed by atoms with Crippen molar-refractivity contribution in [1.29, 1.82) is 0 Å². The minimum atomic E-state index is -0.304. The van der Waals surface area contributed by atoms with Crippen molar-refractivity contribution < 1.29 is 13.9 Å². The Morgan fingerprint density at radius 2 is 1.86 bits per heavy atom. The molecule has 1 amide bonds. The second kappa shape index (κ2) is 10.0. The molecule has 2 N–H and O–H groups in total. The van der Waals surface area contributed by atoms with Crippen molar-refractivity contribution >= 4 is 55.1 Å². The van der Waals surface area contributed by atoms with Gasteiger partial charge in [-0.1, -0.05) is 28.1 Å². The summed E-state index contributed by atoms with van der Waals surface area (Å²) >= 11 is 12.0. The SMILES string of the molecule is CCOc1ccc(C(=O)NC(=S)NCc2ccc(-c3ccc(Br)cc3)o2)cc1Br. The molecule has 0 bridgehead atoms. The molecule has 29 heavy (non-hydrogen) atoms. The summed E-state index contributed by atoms with van der Waals surface area (Å²) in [6.07, 6.45) is 0. The molecule has 0 fully saturated rings. The third kappa shape index (κ3) is 5.91. The number of hydrogen-bond donors (Lipinski definition) is 2. The predicted octanol–water partition coefficient (Wildman–Crippen LogP) is 5.67. The van der Waals surface area contributed by atoms with Gasteiger partial charge in [0.25, 0.3) is 5.91 Å². The fourth-order valence-corrected chi connectivity index (χ4v) is 3.47. The van der Waals surface area contributed by atoms with Crippen molar-refractivity contribution in [2.24, 2.45) is 0 Å². The summed E-state index contributed by atoms with van der Waals surface area (Å²) in [5.74, 6) is 1.86. The van der Waals surface area contributed by atoms with Crippen LogP contribution in [0.3, 0.4) is 0 Å². The smallest absolute Gasteiger partial charge is 0.257 e. The number of thiocarbonyl (C=S) groups is 1. The molecule has 2 aromatic carbocycles. The zero-order chi connectivity index (χ0) is 20.8. The predicted molar refractivity (Wildman–Crippen MR) is 124 cm³/mol. The molecular formula is C21H18Br2N2O3S. The van der Waals surface area contributed by atoms with Crippen LogP contribution in [0.1, 0.15) is 23.0 Å². The Morgan fingerprint density at radius 1 is 1.10 bits per heavy atom. The number of carbonyl (C=O) groups is 1. The molecule has 0 radical (unpaired) electrons. The van der Waals surface area contributed by atoms with Crippen LogP contribution in [0.2, 0.25) is 0 Å². The first-order chi connectivity index (χ1) is 14.0. The van der Waals surface area contributed by atoms with E-state index < -0.39 is 0 Å². The third-order valence-corrected chi connectivity index (χ3v) is 5.33. The van der Waals surface area contributed by atoms with E-state index >= 15 is 0 Å². The Kier molecular flexibility index (Phi) is 7.46. The van der Waals surface area contributed by atoms with Crippen LogP contribution >= 0.6 is 44.1 Å². The average Bonchev–Trinajstić information content (AvgIpc) is 3.17. The minimum Gasteiger partial charge on any atom is -0.493 e. The maximum atomic E-state index is 12.4. The van der Waals surface area contributed by atoms with E-state index in [-0.39, 0.29) is 11.0 Å². The van der Waals surface area contributed by atoms with Crippen LogP contribution in [0.25, 0.3) is 11.3 Å². The maximum Gasteiger partial charge on any atom is 0.257 e. The van der Waals surface area contributed by atoms with E-state index in [1.54, 1.807) is 18.2 Å². The van der Waals surface area contributed by atoms with Crippen molar-refractivity contribution in [1.82, 2.24) is 10.6 Å². The van der Waals surface area contributed by atoms with E-state index in [0.717, 1.165) is 15.8 Å². The highest BCUT2D eigenvalue weighted by Crippen LogP contribution is 2.26. The van der Waals surface area contributed by atoms with Gasteiger partial charge in [-0.3, -0.25) is 10.1 Å². The summed E-state index contributed by atoms with van der Waals surface area (Å²) in [6.45, 7) is 2.81. The molecular weight excluding hydrogens is 520 g/mol. The lowest BCUT2D eigenvalue weighted by Crippen LogP contribution is -2.38. The minimum absolute atomic E-state index is 0.224. The quantitative estimate of drug-likeness (QED) is 0.396. The maximum absolute atomic E-state index is 12.4. The molecule has 0 unspecified atom stereocenters. The normalized spacial score (nSPS) is 10.4. The Hall–Kier alpha value is -2.16.